The van der Waals surface area contributed by atoms with Gasteiger partial charge in [0.25, 0.3) is 23.6 Å². The molecular formula is C96H122N20O12+4. The molecule has 4 fully saturated rings. The highest BCUT2D eigenvalue weighted by molar-refractivity contribution is 6.01. The fourth-order valence-electron chi connectivity index (χ4n) is 17.1. The number of nitrogens with one attached hydrogen (secondary N) is 2. The van der Waals surface area contributed by atoms with Crippen LogP contribution in [0.15, 0.2) is 162 Å². The summed E-state index contributed by atoms with van der Waals surface area (Å²) in [5.41, 5.74) is 4.45. The van der Waals surface area contributed by atoms with E-state index in [1.54, 1.807) is 118 Å². The molecule has 7 aromatic heterocycles. The second kappa shape index (κ2) is 38.2. The van der Waals surface area contributed by atoms with Crippen LogP contribution in [0, 0.1) is 0 Å². The van der Waals surface area contributed by atoms with Gasteiger partial charge in [0, 0.05) is 141 Å². The summed E-state index contributed by atoms with van der Waals surface area (Å²) in [7, 11) is 0. The Morgan fingerprint density at radius 1 is 0.352 bits per heavy atom. The quantitative estimate of drug-likeness (QED) is 0.0124. The molecule has 4 atom stereocenters. The number of fused-ring (bicyclic) bond motifs is 8. The molecule has 674 valence electrons. The van der Waals surface area contributed by atoms with E-state index < -0.39 is 46.3 Å². The largest absolute Gasteiger partial charge is 0.495 e. The fourth-order valence-corrected chi connectivity index (χ4v) is 17.1. The third kappa shape index (κ3) is 21.1. The molecule has 13 rings (SSSR count). The van der Waals surface area contributed by atoms with Crippen molar-refractivity contribution in [1.29, 1.82) is 0 Å². The maximum absolute atomic E-state index is 14.8. The molecule has 10 N–H and O–H groups in total. The Bertz CT molecular complexity index is 5240. The van der Waals surface area contributed by atoms with Crippen molar-refractivity contribution in [3.63, 3.8) is 0 Å². The number of hydrogen-bond donors (Lipinski definition) is 10. The SMILES string of the molecule is CC(C)N=C(O)C(C)(C)N=C(O)[C@@H]1CCCN1C(=O)C[n+]1cccc(-c2c3nc(c(-c4ccc[n+](CC(=O)N5CCC[C@H]5C(O)=NC(C)(C)C(O)=NC(C)C)c4)c4ccc([nH]4)c(-c4ccc[n+](CC(=O)N5CCC[C@H]5C(O)=NC(C)(C)C(O)=NC(C)C)c4)c4nc(c(-c5ccc[n+](CC(=O)N6CCC[C@H]6C(O)=NC(C)(C)C(O)=NC(C)C)c5)c5ccc2[nH]5)C=C4)C=C3)c1. The van der Waals surface area contributed by atoms with Gasteiger partial charge in [-0.25, -0.2) is 29.9 Å². The van der Waals surface area contributed by atoms with Gasteiger partial charge in [0.05, 0.1) is 22.8 Å². The Labute approximate surface area is 745 Å². The van der Waals surface area contributed by atoms with Crippen molar-refractivity contribution in [3.05, 3.63) is 145 Å². The first-order valence-electron chi connectivity index (χ1n) is 44.2. The standard InChI is InChI=1S/C96H118N20O12/c1-57(2)97-89(125)93(9,10)105-85(121)73-29-21-45-113(73)77(117)53-109-41-17-25-61(49-109)81-65-33-35-67(101-65)82(62-26-18-42-110(50-62)54-78(118)114-46-22-30-74(114)86(122)106-94(11,12)90(126)98-58(3)4)69-37-39-71(103-69)84(64-28-20-44-112(52-64)56-80(120)116-48-24-32-76(116)88(124)108-96(15,16)92(128)100-60(7)8)72-40-38-70(104-72)83(68-36-34-66(81)102-68)63-27-19-43-111(51-63)55-79(119)115-47-23-31-75(115)87(123)107-95(13,14)91(127)99-59(5)6/h17-20,25-28,33-44,49-52,57-60,73-76H,21-24,29-32,45-48,53-56H2,1-16H3,(H6-4,97,98,99,100,101,102,103,104,105,106,107,108,121,122,123,124,125,126,127,128)/p+4/t73-,74-,75-,76-/m0/s1. The van der Waals surface area contributed by atoms with Crippen molar-refractivity contribution >= 4 is 117 Å². The molecule has 32 heteroatoms. The van der Waals surface area contributed by atoms with Crippen molar-refractivity contribution in [2.45, 2.75) is 259 Å². The van der Waals surface area contributed by atoms with E-state index in [-0.39, 0.29) is 121 Å². The van der Waals surface area contributed by atoms with Crippen molar-refractivity contribution in [2.24, 2.45) is 39.9 Å². The smallest absolute Gasteiger partial charge is 0.289 e. The normalized spacial score (nSPS) is 18.7. The number of carbonyl (C=O) groups is 4. The minimum absolute atomic E-state index is 0.137. The lowest BCUT2D eigenvalue weighted by Crippen LogP contribution is -2.48. The summed E-state index contributed by atoms with van der Waals surface area (Å²) in [6.07, 6.45) is 26.6. The summed E-state index contributed by atoms with van der Waals surface area (Å²) in [6.45, 7) is 28.7. The van der Waals surface area contributed by atoms with Crippen LogP contribution in [0.25, 0.3) is 90.9 Å². The maximum atomic E-state index is 14.8. The van der Waals surface area contributed by atoms with Crippen LogP contribution in [-0.2, 0) is 45.4 Å². The molecule has 4 amide bonds. The van der Waals surface area contributed by atoms with E-state index in [2.05, 4.69) is 49.9 Å². The number of amides is 4. The number of H-pyrrole nitrogens is 2. The van der Waals surface area contributed by atoms with E-state index >= 15 is 0 Å². The molecule has 6 aliphatic heterocycles. The highest BCUT2D eigenvalue weighted by atomic mass is 16.3. The van der Waals surface area contributed by atoms with Gasteiger partial charge in [-0.2, -0.15) is 18.3 Å². The Hall–Kier alpha value is -13.2. The topological polar surface area (TPSA) is 415 Å². The Kier molecular flexibility index (Phi) is 27.6. The number of aliphatic hydroxyl groups excluding tert-OH is 8. The number of carbonyl (C=O) groups excluding carboxylic acids is 4. The van der Waals surface area contributed by atoms with Crippen LogP contribution in [-0.4, -0.2) is 248 Å². The number of rotatable bonds is 28. The summed E-state index contributed by atoms with van der Waals surface area (Å²) in [6, 6.07) is 19.1. The van der Waals surface area contributed by atoms with Gasteiger partial charge >= 0.3 is 0 Å². The second-order valence-corrected chi connectivity index (χ2v) is 36.8. The van der Waals surface area contributed by atoms with Crippen LogP contribution in [0.5, 0.6) is 0 Å². The molecule has 8 bridgehead atoms. The van der Waals surface area contributed by atoms with Crippen LogP contribution in [0.3, 0.4) is 0 Å². The van der Waals surface area contributed by atoms with Gasteiger partial charge in [-0.3, -0.25) is 39.1 Å². The van der Waals surface area contributed by atoms with Gasteiger partial charge in [0.1, 0.15) is 46.3 Å². The zero-order valence-electron chi connectivity index (χ0n) is 76.0. The molecule has 0 radical (unpaired) electrons. The molecule has 6 aliphatic rings. The van der Waals surface area contributed by atoms with Gasteiger partial charge < -0.3 is 70.4 Å². The van der Waals surface area contributed by atoms with Crippen LogP contribution in [0.4, 0.5) is 0 Å². The van der Waals surface area contributed by atoms with E-state index in [4.69, 9.17) is 9.97 Å². The van der Waals surface area contributed by atoms with Gasteiger partial charge in [0.2, 0.25) is 73.4 Å². The Balaban J connectivity index is 0.982. The van der Waals surface area contributed by atoms with E-state index in [1.165, 1.54) is 0 Å². The van der Waals surface area contributed by atoms with Crippen molar-refractivity contribution < 1.29 is 78.3 Å². The number of aromatic amines is 2. The lowest BCUT2D eigenvalue weighted by molar-refractivity contribution is -0.684. The molecule has 32 nitrogen and oxygen atoms in total. The van der Waals surface area contributed by atoms with Gasteiger partial charge in [0.15, 0.2) is 49.6 Å². The first kappa shape index (κ1) is 92.5. The molecular weight excluding hydrogens is 1630 g/mol. The molecule has 7 aromatic rings. The fraction of sp³-hybridized carbons (Fsp3) is 0.458. The zero-order valence-corrected chi connectivity index (χ0v) is 76.0. The number of pyridine rings is 4. The molecule has 0 saturated carbocycles. The first-order valence-corrected chi connectivity index (χ1v) is 44.2. The third-order valence-electron chi connectivity index (χ3n) is 23.4. The number of nitrogens with zero attached hydrogens (tertiary/aromatic N) is 18. The number of aliphatic imine (C=N–C) groups is 8. The average molecular weight is 1750 g/mol. The van der Waals surface area contributed by atoms with Gasteiger partial charge in [-0.15, -0.1) is 0 Å². The first-order chi connectivity index (χ1) is 60.6. The van der Waals surface area contributed by atoms with E-state index in [0.717, 1.165) is 0 Å². The summed E-state index contributed by atoms with van der Waals surface area (Å²) in [4.78, 5) is 120. The van der Waals surface area contributed by atoms with E-state index in [1.807, 2.05) is 177 Å². The van der Waals surface area contributed by atoms with Crippen LogP contribution >= 0.6 is 0 Å². The van der Waals surface area contributed by atoms with Crippen LogP contribution in [0.1, 0.15) is 185 Å². The van der Waals surface area contributed by atoms with E-state index in [0.29, 0.717) is 167 Å². The van der Waals surface area contributed by atoms with Gasteiger partial charge in [-0.05, 0) is 235 Å². The molecule has 13 heterocycles. The van der Waals surface area contributed by atoms with E-state index in [9.17, 15) is 60.0 Å². The molecule has 0 aromatic carbocycles. The third-order valence-corrected chi connectivity index (χ3v) is 23.4. The van der Waals surface area contributed by atoms with Crippen molar-refractivity contribution in [3.8, 4) is 44.5 Å². The Morgan fingerprint density at radius 3 is 0.750 bits per heavy atom. The molecule has 4 saturated heterocycles. The predicted octanol–water partition coefficient (Wildman–Crippen LogP) is 12.8. The highest BCUT2D eigenvalue weighted by Crippen LogP contribution is 2.39. The minimum Gasteiger partial charge on any atom is -0.495 e. The van der Waals surface area contributed by atoms with Gasteiger partial charge in [-0.1, -0.05) is 0 Å². The van der Waals surface area contributed by atoms with Crippen molar-refractivity contribution in [1.82, 2.24) is 39.5 Å². The lowest BCUT2D eigenvalue weighted by Gasteiger charge is -2.25. The summed E-state index contributed by atoms with van der Waals surface area (Å²) in [5, 5.41) is 90.6. The molecule has 0 unspecified atom stereocenters. The minimum atomic E-state index is -1.27. The zero-order chi connectivity index (χ0) is 92.2. The Morgan fingerprint density at radius 2 is 0.555 bits per heavy atom. The van der Waals surface area contributed by atoms with Crippen LogP contribution < -0.4 is 18.3 Å². The number of aromatic nitrogens is 8. The second-order valence-electron chi connectivity index (χ2n) is 36.8. The lowest BCUT2D eigenvalue weighted by atomic mass is 10.1. The van der Waals surface area contributed by atoms with Crippen molar-refractivity contribution in [2.75, 3.05) is 26.2 Å². The molecule has 0 aliphatic carbocycles. The predicted molar refractivity (Wildman–Crippen MR) is 498 cm³/mol. The number of aliphatic hydroxyl groups is 8. The number of hydrogen-bond acceptors (Lipinski definition) is 14. The molecule has 0 spiro atoms. The number of likely N-dealkylation sites (tertiary alicyclic amines) is 4. The average Bonchev–Trinajstić information content (AvgIpc) is 1.61. The maximum Gasteiger partial charge on any atom is 0.289 e. The summed E-state index contributed by atoms with van der Waals surface area (Å²) in [5.74, 6) is -3.23. The van der Waals surface area contributed by atoms with Crippen LogP contribution in [0.2, 0.25) is 0 Å². The monoisotopic (exact) mass is 1750 g/mol. The highest BCUT2D eigenvalue weighted by Gasteiger charge is 2.42. The molecule has 128 heavy (non-hydrogen) atoms. The summed E-state index contributed by atoms with van der Waals surface area (Å²) >= 11 is 0. The summed E-state index contributed by atoms with van der Waals surface area (Å²) < 4.78 is 7.15.